The second kappa shape index (κ2) is 9.00. The van der Waals surface area contributed by atoms with E-state index < -0.39 is 5.41 Å². The van der Waals surface area contributed by atoms with Crippen molar-refractivity contribution in [2.75, 3.05) is 23.7 Å². The molecule has 1 aromatic heterocycles. The largest absolute Gasteiger partial charge is 0.337 e. The maximum absolute atomic E-state index is 13.1. The van der Waals surface area contributed by atoms with Crippen molar-refractivity contribution in [2.24, 2.45) is 11.3 Å². The van der Waals surface area contributed by atoms with Crippen LogP contribution in [0.3, 0.4) is 0 Å². The number of benzene rings is 1. The molecule has 2 aromatic rings. The van der Waals surface area contributed by atoms with Crippen LogP contribution in [0.4, 0.5) is 10.7 Å². The lowest BCUT2D eigenvalue weighted by atomic mass is 9.96. The van der Waals surface area contributed by atoms with Crippen molar-refractivity contribution < 1.29 is 14.4 Å². The molecule has 3 amide bonds. The number of hydrogen-bond donors (Lipinski definition) is 2. The number of thiophene rings is 1. The summed E-state index contributed by atoms with van der Waals surface area (Å²) in [6, 6.07) is 11.2. The van der Waals surface area contributed by atoms with Crippen molar-refractivity contribution in [3.63, 3.8) is 0 Å². The summed E-state index contributed by atoms with van der Waals surface area (Å²) in [5.74, 6) is -0.452. The van der Waals surface area contributed by atoms with E-state index in [9.17, 15) is 14.4 Å². The monoisotopic (exact) mass is 427 g/mol. The first-order chi connectivity index (χ1) is 14.1. The Morgan fingerprint density at radius 2 is 1.80 bits per heavy atom. The van der Waals surface area contributed by atoms with E-state index in [0.29, 0.717) is 23.0 Å². The van der Waals surface area contributed by atoms with E-state index in [-0.39, 0.29) is 23.6 Å². The number of nitrogens with one attached hydrogen (secondary N) is 2. The number of carbonyl (C=O) groups excluding carboxylic acids is 3. The van der Waals surface area contributed by atoms with Crippen LogP contribution in [-0.2, 0) is 9.59 Å². The van der Waals surface area contributed by atoms with E-state index in [1.54, 1.807) is 4.90 Å². The van der Waals surface area contributed by atoms with Gasteiger partial charge >= 0.3 is 0 Å². The van der Waals surface area contributed by atoms with Crippen molar-refractivity contribution in [3.8, 4) is 0 Å². The highest BCUT2D eigenvalue weighted by Gasteiger charge is 2.31. The number of likely N-dealkylation sites (tertiary alicyclic amines) is 1. The summed E-state index contributed by atoms with van der Waals surface area (Å²) >= 11 is 1.29. The van der Waals surface area contributed by atoms with E-state index in [0.717, 1.165) is 24.1 Å². The van der Waals surface area contributed by atoms with Gasteiger partial charge in [-0.2, -0.15) is 0 Å². The van der Waals surface area contributed by atoms with Gasteiger partial charge in [0, 0.05) is 24.2 Å². The van der Waals surface area contributed by atoms with Gasteiger partial charge in [-0.25, -0.2) is 0 Å². The SMILES string of the molecule is Cc1cc(NC(=O)C(C)(C)C)sc1C(=O)N1CCCC(C(=O)Nc2ccccc2)C1. The van der Waals surface area contributed by atoms with Crippen molar-refractivity contribution in [3.05, 3.63) is 46.8 Å². The Morgan fingerprint density at radius 3 is 2.47 bits per heavy atom. The summed E-state index contributed by atoms with van der Waals surface area (Å²) in [5, 5.41) is 6.51. The Bertz CT molecular complexity index is 931. The average Bonchev–Trinajstić information content (AvgIpc) is 3.07. The van der Waals surface area contributed by atoms with Gasteiger partial charge in [0.05, 0.1) is 15.8 Å². The first-order valence-corrected chi connectivity index (χ1v) is 11.0. The van der Waals surface area contributed by atoms with Crippen LogP contribution in [0.15, 0.2) is 36.4 Å². The number of hydrogen-bond acceptors (Lipinski definition) is 4. The zero-order valence-corrected chi connectivity index (χ0v) is 18.8. The van der Waals surface area contributed by atoms with Crippen molar-refractivity contribution in [1.82, 2.24) is 4.90 Å². The Balaban J connectivity index is 1.66. The third-order valence-electron chi connectivity index (χ3n) is 5.15. The Kier molecular flexibility index (Phi) is 6.61. The maximum atomic E-state index is 13.1. The van der Waals surface area contributed by atoms with Crippen LogP contribution < -0.4 is 10.6 Å². The molecule has 30 heavy (non-hydrogen) atoms. The molecule has 0 saturated carbocycles. The summed E-state index contributed by atoms with van der Waals surface area (Å²) in [6.45, 7) is 8.46. The lowest BCUT2D eigenvalue weighted by molar-refractivity contribution is -0.123. The average molecular weight is 428 g/mol. The van der Waals surface area contributed by atoms with Gasteiger partial charge in [-0.05, 0) is 43.5 Å². The van der Waals surface area contributed by atoms with E-state index >= 15 is 0 Å². The van der Waals surface area contributed by atoms with Crippen LogP contribution in [0.25, 0.3) is 0 Å². The van der Waals surface area contributed by atoms with E-state index in [1.807, 2.05) is 64.1 Å². The van der Waals surface area contributed by atoms with Gasteiger partial charge in [0.1, 0.15) is 0 Å². The zero-order chi connectivity index (χ0) is 21.9. The summed E-state index contributed by atoms with van der Waals surface area (Å²) in [6.07, 6.45) is 1.55. The molecule has 0 radical (unpaired) electrons. The number of aryl methyl sites for hydroxylation is 1. The van der Waals surface area contributed by atoms with E-state index in [4.69, 9.17) is 0 Å². The second-order valence-corrected chi connectivity index (χ2v) is 9.82. The van der Waals surface area contributed by atoms with Crippen LogP contribution in [-0.4, -0.2) is 35.7 Å². The van der Waals surface area contributed by atoms with Crippen LogP contribution in [0.2, 0.25) is 0 Å². The summed E-state index contributed by atoms with van der Waals surface area (Å²) < 4.78 is 0. The fourth-order valence-corrected chi connectivity index (χ4v) is 4.38. The topological polar surface area (TPSA) is 78.5 Å². The van der Waals surface area contributed by atoms with Gasteiger partial charge in [0.15, 0.2) is 0 Å². The van der Waals surface area contributed by atoms with Gasteiger partial charge in [0.25, 0.3) is 5.91 Å². The molecule has 2 heterocycles. The molecule has 1 aliphatic rings. The molecule has 160 valence electrons. The second-order valence-electron chi connectivity index (χ2n) is 8.77. The Hall–Kier alpha value is -2.67. The minimum absolute atomic E-state index is 0.0558. The van der Waals surface area contributed by atoms with Gasteiger partial charge in [-0.1, -0.05) is 39.0 Å². The zero-order valence-electron chi connectivity index (χ0n) is 18.0. The molecule has 1 unspecified atom stereocenters. The van der Waals surface area contributed by atoms with Gasteiger partial charge in [-0.3, -0.25) is 14.4 Å². The molecule has 1 atom stereocenters. The highest BCUT2D eigenvalue weighted by molar-refractivity contribution is 7.18. The van der Waals surface area contributed by atoms with Crippen LogP contribution in [0, 0.1) is 18.3 Å². The van der Waals surface area contributed by atoms with Crippen molar-refractivity contribution in [2.45, 2.75) is 40.5 Å². The van der Waals surface area contributed by atoms with Crippen molar-refractivity contribution >= 4 is 39.7 Å². The maximum Gasteiger partial charge on any atom is 0.264 e. The number of nitrogens with zero attached hydrogens (tertiary/aromatic N) is 1. The molecule has 2 N–H and O–H groups in total. The smallest absolute Gasteiger partial charge is 0.264 e. The molecule has 1 aromatic carbocycles. The Morgan fingerprint density at radius 1 is 1.10 bits per heavy atom. The Labute approximate surface area is 181 Å². The van der Waals surface area contributed by atoms with E-state index in [2.05, 4.69) is 10.6 Å². The molecule has 0 aliphatic carbocycles. The molecule has 3 rings (SSSR count). The first kappa shape index (κ1) is 22.0. The molecule has 6 nitrogen and oxygen atoms in total. The molecule has 0 bridgehead atoms. The fourth-order valence-electron chi connectivity index (χ4n) is 3.34. The molecule has 1 fully saturated rings. The number of rotatable bonds is 4. The van der Waals surface area contributed by atoms with Crippen LogP contribution in [0.1, 0.15) is 48.8 Å². The third-order valence-corrected chi connectivity index (χ3v) is 6.29. The number of piperidine rings is 1. The summed E-state index contributed by atoms with van der Waals surface area (Å²) in [7, 11) is 0. The molecule has 7 heteroatoms. The highest BCUT2D eigenvalue weighted by Crippen LogP contribution is 2.31. The number of anilines is 2. The molecule has 1 aliphatic heterocycles. The predicted molar refractivity (Wildman–Crippen MR) is 121 cm³/mol. The minimum atomic E-state index is -0.506. The third kappa shape index (κ3) is 5.27. The van der Waals surface area contributed by atoms with Crippen LogP contribution in [0.5, 0.6) is 0 Å². The van der Waals surface area contributed by atoms with Crippen molar-refractivity contribution in [1.29, 1.82) is 0 Å². The van der Waals surface area contributed by atoms with Crippen LogP contribution >= 0.6 is 11.3 Å². The highest BCUT2D eigenvalue weighted by atomic mass is 32.1. The van der Waals surface area contributed by atoms with Gasteiger partial charge in [-0.15, -0.1) is 11.3 Å². The lowest BCUT2D eigenvalue weighted by Gasteiger charge is -2.32. The van der Waals surface area contributed by atoms with Gasteiger partial charge < -0.3 is 15.5 Å². The quantitative estimate of drug-likeness (QED) is 0.752. The molecule has 0 spiro atoms. The minimum Gasteiger partial charge on any atom is -0.337 e. The fraction of sp³-hybridized carbons (Fsp3) is 0.435. The predicted octanol–water partition coefficient (Wildman–Crippen LogP) is 4.53. The first-order valence-electron chi connectivity index (χ1n) is 10.2. The van der Waals surface area contributed by atoms with E-state index in [1.165, 1.54) is 11.3 Å². The molecular weight excluding hydrogens is 398 g/mol. The summed E-state index contributed by atoms with van der Waals surface area (Å²) in [4.78, 5) is 40.4. The molecular formula is C23H29N3O3S. The van der Waals surface area contributed by atoms with Gasteiger partial charge in [0.2, 0.25) is 11.8 Å². The normalized spacial score (nSPS) is 16.8. The number of carbonyl (C=O) groups is 3. The number of amides is 3. The lowest BCUT2D eigenvalue weighted by Crippen LogP contribution is -2.43. The summed E-state index contributed by atoms with van der Waals surface area (Å²) in [5.41, 5.74) is 1.10. The molecule has 1 saturated heterocycles. The number of para-hydroxylation sites is 1. The standard InChI is InChI=1S/C23H29N3O3S/c1-15-13-18(25-22(29)23(2,3)4)30-19(15)21(28)26-12-8-9-16(14-26)20(27)24-17-10-6-5-7-11-17/h5-7,10-11,13,16H,8-9,12,14H2,1-4H3,(H,24,27)(H,25,29).